The Bertz CT molecular complexity index is 724. The first kappa shape index (κ1) is 23.3. The van der Waals surface area contributed by atoms with Gasteiger partial charge in [-0.05, 0) is 29.8 Å². The van der Waals surface area contributed by atoms with Crippen LogP contribution in [0.25, 0.3) is 0 Å². The summed E-state index contributed by atoms with van der Waals surface area (Å²) in [6.07, 6.45) is -0.497. The van der Waals surface area contributed by atoms with Crippen LogP contribution in [0.2, 0.25) is 0 Å². The molecule has 0 aliphatic carbocycles. The molecule has 7 heteroatoms. The number of para-hydroxylation sites is 1. The topological polar surface area (TPSA) is 54.4 Å². The minimum atomic E-state index is -0.497. The Morgan fingerprint density at radius 2 is 1.62 bits per heavy atom. The van der Waals surface area contributed by atoms with Crippen LogP contribution in [0.4, 0.5) is 5.69 Å². The van der Waals surface area contributed by atoms with Crippen molar-refractivity contribution in [3.63, 3.8) is 0 Å². The van der Waals surface area contributed by atoms with Crippen LogP contribution in [-0.2, 0) is 11.3 Å². The van der Waals surface area contributed by atoms with Crippen LogP contribution in [-0.4, -0.2) is 69.7 Å². The highest BCUT2D eigenvalue weighted by molar-refractivity contribution is 5.85. The molecule has 6 nitrogen and oxygen atoms in total. The van der Waals surface area contributed by atoms with Crippen molar-refractivity contribution in [1.82, 2.24) is 4.90 Å². The van der Waals surface area contributed by atoms with Crippen molar-refractivity contribution in [2.45, 2.75) is 12.7 Å². The first-order chi connectivity index (χ1) is 13.7. The van der Waals surface area contributed by atoms with Gasteiger partial charge in [0.25, 0.3) is 0 Å². The molecule has 0 radical (unpaired) electrons. The Morgan fingerprint density at radius 3 is 2.28 bits per heavy atom. The molecule has 0 spiro atoms. The van der Waals surface area contributed by atoms with Gasteiger partial charge < -0.3 is 24.2 Å². The van der Waals surface area contributed by atoms with E-state index in [1.807, 2.05) is 24.3 Å². The lowest BCUT2D eigenvalue weighted by Crippen LogP contribution is -2.49. The fourth-order valence-electron chi connectivity index (χ4n) is 3.46. The minimum absolute atomic E-state index is 0. The maximum absolute atomic E-state index is 10.3. The van der Waals surface area contributed by atoms with E-state index < -0.39 is 6.10 Å². The number of methoxy groups -OCH3 is 2. The zero-order valence-electron chi connectivity index (χ0n) is 17.1. The third-order valence-electron chi connectivity index (χ3n) is 4.99. The normalized spacial score (nSPS) is 15.5. The van der Waals surface area contributed by atoms with Crippen LogP contribution in [0.15, 0.2) is 48.5 Å². The largest absolute Gasteiger partial charge is 0.493 e. The van der Waals surface area contributed by atoms with Crippen LogP contribution in [0.5, 0.6) is 11.5 Å². The van der Waals surface area contributed by atoms with E-state index in [4.69, 9.17) is 14.2 Å². The van der Waals surface area contributed by atoms with E-state index in [0.717, 1.165) is 31.7 Å². The lowest BCUT2D eigenvalue weighted by atomic mass is 10.2. The Kier molecular flexibility index (Phi) is 9.54. The van der Waals surface area contributed by atoms with E-state index in [9.17, 15) is 5.11 Å². The van der Waals surface area contributed by atoms with Crippen molar-refractivity contribution in [1.29, 1.82) is 0 Å². The molecular weight excluding hydrogens is 392 g/mol. The number of rotatable bonds is 9. The maximum atomic E-state index is 10.3. The molecule has 1 atom stereocenters. The minimum Gasteiger partial charge on any atom is -0.493 e. The number of hydrogen-bond donors (Lipinski definition) is 1. The summed E-state index contributed by atoms with van der Waals surface area (Å²) in [5, 5.41) is 10.3. The highest BCUT2D eigenvalue weighted by Gasteiger charge is 2.19. The number of halogens is 1. The Labute approximate surface area is 179 Å². The van der Waals surface area contributed by atoms with E-state index in [1.54, 1.807) is 14.2 Å². The van der Waals surface area contributed by atoms with Crippen LogP contribution in [0.1, 0.15) is 5.56 Å². The molecule has 1 aliphatic rings. The number of β-amino-alcohol motifs (C(OH)–C–C–N with tert-alkyl or cyclic N) is 1. The van der Waals surface area contributed by atoms with Gasteiger partial charge in [0.2, 0.25) is 0 Å². The van der Waals surface area contributed by atoms with Gasteiger partial charge in [0, 0.05) is 38.4 Å². The first-order valence-electron chi connectivity index (χ1n) is 9.68. The molecule has 29 heavy (non-hydrogen) atoms. The van der Waals surface area contributed by atoms with Crippen molar-refractivity contribution in [2.75, 3.05) is 58.5 Å². The van der Waals surface area contributed by atoms with Crippen molar-refractivity contribution >= 4 is 18.1 Å². The quantitative estimate of drug-likeness (QED) is 0.670. The van der Waals surface area contributed by atoms with Crippen LogP contribution in [0, 0.1) is 0 Å². The van der Waals surface area contributed by atoms with Gasteiger partial charge in [-0.1, -0.05) is 24.3 Å². The number of nitrogens with zero attached hydrogens (tertiary/aromatic N) is 2. The molecule has 1 N–H and O–H groups in total. The van der Waals surface area contributed by atoms with E-state index in [0.29, 0.717) is 31.3 Å². The van der Waals surface area contributed by atoms with Crippen molar-refractivity contribution < 1.29 is 19.3 Å². The van der Waals surface area contributed by atoms with Crippen LogP contribution < -0.4 is 14.4 Å². The van der Waals surface area contributed by atoms with E-state index in [-0.39, 0.29) is 12.4 Å². The smallest absolute Gasteiger partial charge is 0.161 e. The second kappa shape index (κ2) is 11.9. The zero-order chi connectivity index (χ0) is 19.8. The van der Waals surface area contributed by atoms with Crippen LogP contribution in [0.3, 0.4) is 0 Å². The van der Waals surface area contributed by atoms with Gasteiger partial charge in [0.05, 0.1) is 33.5 Å². The molecule has 0 amide bonds. The lowest BCUT2D eigenvalue weighted by Gasteiger charge is -2.36. The molecule has 0 bridgehead atoms. The van der Waals surface area contributed by atoms with E-state index in [1.165, 1.54) is 5.69 Å². The third-order valence-corrected chi connectivity index (χ3v) is 4.99. The van der Waals surface area contributed by atoms with E-state index >= 15 is 0 Å². The lowest BCUT2D eigenvalue weighted by molar-refractivity contribution is 0.00909. The van der Waals surface area contributed by atoms with Gasteiger partial charge in [-0.25, -0.2) is 0 Å². The Morgan fingerprint density at radius 1 is 0.931 bits per heavy atom. The number of piperazine rings is 1. The first-order valence-corrected chi connectivity index (χ1v) is 9.68. The average molecular weight is 423 g/mol. The molecule has 0 aromatic heterocycles. The number of ether oxygens (including phenoxy) is 3. The summed E-state index contributed by atoms with van der Waals surface area (Å²) in [6.45, 7) is 5.22. The second-order valence-corrected chi connectivity index (χ2v) is 6.98. The highest BCUT2D eigenvalue weighted by Crippen LogP contribution is 2.27. The van der Waals surface area contributed by atoms with Crippen molar-refractivity contribution in [2.24, 2.45) is 0 Å². The molecular formula is C22H31ClN2O4. The maximum Gasteiger partial charge on any atom is 0.161 e. The molecule has 3 rings (SSSR count). The number of aliphatic hydroxyl groups excluding tert-OH is 1. The van der Waals surface area contributed by atoms with Gasteiger partial charge in [-0.3, -0.25) is 4.90 Å². The summed E-state index contributed by atoms with van der Waals surface area (Å²) >= 11 is 0. The summed E-state index contributed by atoms with van der Waals surface area (Å²) in [7, 11) is 3.23. The standard InChI is InChI=1S/C22H30N2O4.ClH/c1-26-21-9-8-18(14-22(21)27-2)16-28-17-20(25)15-23-10-12-24(13-11-23)19-6-4-3-5-7-19;/h3-9,14,20,25H,10-13,15-17H2,1-2H3;1H. The van der Waals surface area contributed by atoms with Crippen LogP contribution >= 0.6 is 12.4 Å². The molecule has 160 valence electrons. The summed E-state index contributed by atoms with van der Waals surface area (Å²) in [5.74, 6) is 1.38. The molecule has 1 unspecified atom stereocenters. The Balaban J connectivity index is 0.00000300. The fraction of sp³-hybridized carbons (Fsp3) is 0.455. The summed E-state index contributed by atoms with van der Waals surface area (Å²) in [6, 6.07) is 16.2. The summed E-state index contributed by atoms with van der Waals surface area (Å²) < 4.78 is 16.2. The summed E-state index contributed by atoms with van der Waals surface area (Å²) in [5.41, 5.74) is 2.25. The number of anilines is 1. The zero-order valence-corrected chi connectivity index (χ0v) is 17.9. The van der Waals surface area contributed by atoms with Crippen molar-refractivity contribution in [3.05, 3.63) is 54.1 Å². The predicted octanol–water partition coefficient (Wildman–Crippen LogP) is 2.83. The Hall–Kier alpha value is -1.99. The summed E-state index contributed by atoms with van der Waals surface area (Å²) in [4.78, 5) is 4.68. The molecule has 2 aromatic carbocycles. The molecule has 1 aliphatic heterocycles. The average Bonchev–Trinajstić information content (AvgIpc) is 2.74. The highest BCUT2D eigenvalue weighted by atomic mass is 35.5. The van der Waals surface area contributed by atoms with Gasteiger partial charge >= 0.3 is 0 Å². The number of hydrogen-bond acceptors (Lipinski definition) is 6. The molecule has 0 saturated carbocycles. The number of benzene rings is 2. The molecule has 1 saturated heterocycles. The third kappa shape index (κ3) is 6.78. The van der Waals surface area contributed by atoms with Gasteiger partial charge in [0.1, 0.15) is 0 Å². The molecule has 1 fully saturated rings. The predicted molar refractivity (Wildman–Crippen MR) is 118 cm³/mol. The second-order valence-electron chi connectivity index (χ2n) is 6.98. The molecule has 1 heterocycles. The monoisotopic (exact) mass is 422 g/mol. The molecule has 2 aromatic rings. The van der Waals surface area contributed by atoms with Crippen molar-refractivity contribution in [3.8, 4) is 11.5 Å². The SMILES string of the molecule is COc1ccc(COCC(O)CN2CCN(c3ccccc3)CC2)cc1OC.Cl. The van der Waals surface area contributed by atoms with Gasteiger partial charge in [-0.15, -0.1) is 12.4 Å². The number of aliphatic hydroxyl groups is 1. The fourth-order valence-corrected chi connectivity index (χ4v) is 3.46. The van der Waals surface area contributed by atoms with E-state index in [2.05, 4.69) is 34.1 Å². The van der Waals surface area contributed by atoms with Gasteiger partial charge in [0.15, 0.2) is 11.5 Å². The van der Waals surface area contributed by atoms with Gasteiger partial charge in [-0.2, -0.15) is 0 Å².